The fourth-order valence-electron chi connectivity index (χ4n) is 6.38. The quantitative estimate of drug-likeness (QED) is 0.191. The van der Waals surface area contributed by atoms with Gasteiger partial charge < -0.3 is 9.47 Å². The molecule has 0 amide bonds. The molecule has 4 heteroatoms. The lowest BCUT2D eigenvalue weighted by Crippen LogP contribution is -2.35. The zero-order chi connectivity index (χ0) is 26.4. The largest absolute Gasteiger partial charge is 0.455 e. The van der Waals surface area contributed by atoms with E-state index in [0.717, 1.165) is 71.6 Å². The van der Waals surface area contributed by atoms with Crippen molar-refractivity contribution in [2.45, 2.75) is 0 Å². The second kappa shape index (κ2) is 8.05. The van der Waals surface area contributed by atoms with Crippen LogP contribution in [0.3, 0.4) is 0 Å². The summed E-state index contributed by atoms with van der Waals surface area (Å²) in [6.07, 6.45) is 0. The summed E-state index contributed by atoms with van der Waals surface area (Å²) in [4.78, 5) is 0. The highest BCUT2D eigenvalue weighted by Crippen LogP contribution is 2.61. The molecule has 7 aromatic carbocycles. The SMILES string of the molecule is S=P12c3ccc4ccccc4c3Oc3ccc(-c4ccc5ccccc5c4)c(c31)Oc1c2ccc2ccccc12. The summed E-state index contributed by atoms with van der Waals surface area (Å²) in [5.41, 5.74) is 2.14. The highest BCUT2D eigenvalue weighted by Gasteiger charge is 2.44. The van der Waals surface area contributed by atoms with Crippen LogP contribution in [0.1, 0.15) is 0 Å². The van der Waals surface area contributed by atoms with Crippen LogP contribution in [0, 0.1) is 0 Å². The van der Waals surface area contributed by atoms with Crippen LogP contribution in [0.25, 0.3) is 43.4 Å². The highest BCUT2D eigenvalue weighted by molar-refractivity contribution is 8.26. The van der Waals surface area contributed by atoms with Crippen molar-refractivity contribution in [1.82, 2.24) is 0 Å². The molecule has 0 fully saturated rings. The molecule has 0 saturated carbocycles. The lowest BCUT2D eigenvalue weighted by Gasteiger charge is -2.39. The number of fused-ring (bicyclic) bond motifs is 9. The summed E-state index contributed by atoms with van der Waals surface area (Å²) < 4.78 is 13.7. The summed E-state index contributed by atoms with van der Waals surface area (Å²) in [7, 11) is 0. The minimum absolute atomic E-state index is 0.797. The van der Waals surface area contributed by atoms with Crippen molar-refractivity contribution in [1.29, 1.82) is 0 Å². The van der Waals surface area contributed by atoms with E-state index in [0.29, 0.717) is 0 Å². The van der Waals surface area contributed by atoms with Gasteiger partial charge in [0.15, 0.2) is 0 Å². The van der Waals surface area contributed by atoms with Gasteiger partial charge in [-0.1, -0.05) is 109 Å². The average Bonchev–Trinajstić information content (AvgIpc) is 3.01. The molecule has 0 aliphatic carbocycles. The van der Waals surface area contributed by atoms with Gasteiger partial charge >= 0.3 is 0 Å². The molecule has 2 heterocycles. The lowest BCUT2D eigenvalue weighted by molar-refractivity contribution is 0.473. The molecule has 2 aliphatic rings. The van der Waals surface area contributed by atoms with Crippen LogP contribution in [0.4, 0.5) is 0 Å². The lowest BCUT2D eigenvalue weighted by atomic mass is 10.00. The summed E-state index contributed by atoms with van der Waals surface area (Å²) in [6.45, 7) is 0. The van der Waals surface area contributed by atoms with Crippen LogP contribution in [-0.4, -0.2) is 0 Å². The third-order valence-corrected chi connectivity index (χ3v) is 13.1. The molecule has 9 rings (SSSR count). The van der Waals surface area contributed by atoms with Crippen LogP contribution >= 0.6 is 6.04 Å². The third-order valence-electron chi connectivity index (χ3n) is 8.28. The minimum Gasteiger partial charge on any atom is -0.455 e. The fraction of sp³-hybridized carbons (Fsp3) is 0. The molecule has 0 bridgehead atoms. The third kappa shape index (κ3) is 2.91. The maximum absolute atomic E-state index is 6.98. The van der Waals surface area contributed by atoms with Gasteiger partial charge in [0.25, 0.3) is 0 Å². The zero-order valence-electron chi connectivity index (χ0n) is 21.3. The first-order valence-corrected chi connectivity index (χ1v) is 16.2. The van der Waals surface area contributed by atoms with Crippen LogP contribution in [0.15, 0.2) is 127 Å². The number of rotatable bonds is 1. The van der Waals surface area contributed by atoms with Gasteiger partial charge in [-0.15, -0.1) is 0 Å². The van der Waals surface area contributed by atoms with E-state index in [1.54, 1.807) is 0 Å². The summed E-state index contributed by atoms with van der Waals surface area (Å²) in [6, 6.07) is 42.3. The molecule has 2 aliphatic heterocycles. The molecule has 0 saturated heterocycles. The summed E-state index contributed by atoms with van der Waals surface area (Å²) in [5, 5.41) is 10.0. The Hall–Kier alpha value is -4.43. The minimum atomic E-state index is -2.54. The molecule has 0 aromatic heterocycles. The van der Waals surface area contributed by atoms with Crippen molar-refractivity contribution in [2.75, 3.05) is 0 Å². The Morgan fingerprint density at radius 2 is 1.05 bits per heavy atom. The predicted octanol–water partition coefficient (Wildman–Crippen LogP) is 8.78. The number of benzene rings is 7. The van der Waals surface area contributed by atoms with Gasteiger partial charge in [0.2, 0.25) is 0 Å². The van der Waals surface area contributed by atoms with Gasteiger partial charge in [0.05, 0.1) is 11.3 Å². The number of hydrogen-bond donors (Lipinski definition) is 0. The molecular formula is C36H21O2PS. The van der Waals surface area contributed by atoms with Crippen molar-refractivity contribution >= 4 is 66.1 Å². The normalized spacial score (nSPS) is 16.6. The van der Waals surface area contributed by atoms with Gasteiger partial charge in [-0.05, 0) is 57.4 Å². The van der Waals surface area contributed by atoms with Crippen LogP contribution < -0.4 is 25.4 Å². The Labute approximate surface area is 236 Å². The summed E-state index contributed by atoms with van der Waals surface area (Å²) >= 11 is 6.92. The molecular weight excluding hydrogens is 527 g/mol. The van der Waals surface area contributed by atoms with E-state index in [2.05, 4.69) is 127 Å². The van der Waals surface area contributed by atoms with E-state index >= 15 is 0 Å². The average molecular weight is 549 g/mol. The van der Waals surface area contributed by atoms with Gasteiger partial charge in [0, 0.05) is 26.9 Å². The summed E-state index contributed by atoms with van der Waals surface area (Å²) in [5.74, 6) is 3.36. The van der Waals surface area contributed by atoms with Crippen molar-refractivity contribution in [2.24, 2.45) is 0 Å². The van der Waals surface area contributed by atoms with Gasteiger partial charge in [-0.25, -0.2) is 0 Å². The second-order valence-electron chi connectivity index (χ2n) is 10.4. The molecule has 0 N–H and O–H groups in total. The molecule has 0 radical (unpaired) electrons. The van der Waals surface area contributed by atoms with Crippen molar-refractivity contribution in [3.05, 3.63) is 127 Å². The van der Waals surface area contributed by atoms with E-state index < -0.39 is 6.04 Å². The van der Waals surface area contributed by atoms with E-state index in [-0.39, 0.29) is 0 Å². The Balaban J connectivity index is 1.41. The van der Waals surface area contributed by atoms with Gasteiger partial charge in [-0.3, -0.25) is 0 Å². The number of ether oxygens (including phenoxy) is 2. The standard InChI is InChI=1S/C36H21O2PS/c40-39-31-19-15-23-8-3-5-11-27(23)33(31)37-30-18-17-29(26-14-13-22-7-1-2-10-25(22)21-26)35(36(30)39)38-34-28-12-6-4-9-24(28)16-20-32(34)39/h1-21H. The molecule has 1 atom stereocenters. The van der Waals surface area contributed by atoms with Crippen LogP contribution in [-0.2, 0) is 11.8 Å². The first kappa shape index (κ1) is 22.4. The smallest absolute Gasteiger partial charge is 0.148 e. The molecule has 7 aromatic rings. The predicted molar refractivity (Wildman–Crippen MR) is 171 cm³/mol. The fourth-order valence-corrected chi connectivity index (χ4v) is 10.9. The van der Waals surface area contributed by atoms with E-state index in [4.69, 9.17) is 21.3 Å². The second-order valence-corrected chi connectivity index (χ2v) is 14.7. The monoisotopic (exact) mass is 548 g/mol. The van der Waals surface area contributed by atoms with Crippen LogP contribution in [0.5, 0.6) is 23.0 Å². The van der Waals surface area contributed by atoms with Crippen LogP contribution in [0.2, 0.25) is 0 Å². The molecule has 188 valence electrons. The molecule has 0 spiro atoms. The van der Waals surface area contributed by atoms with Crippen molar-refractivity contribution in [3.8, 4) is 34.1 Å². The van der Waals surface area contributed by atoms with E-state index in [1.165, 1.54) is 10.8 Å². The first-order chi connectivity index (χ1) is 19.7. The Morgan fingerprint density at radius 1 is 0.475 bits per heavy atom. The number of hydrogen-bond acceptors (Lipinski definition) is 3. The van der Waals surface area contributed by atoms with Crippen molar-refractivity contribution in [3.63, 3.8) is 0 Å². The Morgan fingerprint density at radius 3 is 1.75 bits per heavy atom. The Kier molecular flexibility index (Phi) is 4.51. The topological polar surface area (TPSA) is 18.5 Å². The van der Waals surface area contributed by atoms with Gasteiger partial charge in [0.1, 0.15) is 23.0 Å². The molecule has 1 unspecified atom stereocenters. The Bertz CT molecular complexity index is 2250. The van der Waals surface area contributed by atoms with E-state index in [1.807, 2.05) is 0 Å². The first-order valence-electron chi connectivity index (χ1n) is 13.4. The highest BCUT2D eigenvalue weighted by atomic mass is 32.4. The van der Waals surface area contributed by atoms with Crippen molar-refractivity contribution < 1.29 is 9.47 Å². The maximum atomic E-state index is 6.98. The van der Waals surface area contributed by atoms with Gasteiger partial charge in [-0.2, -0.15) is 0 Å². The maximum Gasteiger partial charge on any atom is 0.148 e. The molecule has 2 nitrogen and oxygen atoms in total. The zero-order valence-corrected chi connectivity index (χ0v) is 23.0. The van der Waals surface area contributed by atoms with E-state index in [9.17, 15) is 0 Å². The molecule has 40 heavy (non-hydrogen) atoms.